The molecular weight excluding hydrogens is 1140 g/mol. The molecule has 0 saturated carbocycles. The van der Waals surface area contributed by atoms with Gasteiger partial charge in [-0.3, -0.25) is 22.7 Å². The van der Waals surface area contributed by atoms with Crippen molar-refractivity contribution >= 4 is 78.7 Å². The predicted molar refractivity (Wildman–Crippen MR) is 302 cm³/mol. The number of hydrogen-bond acceptors (Lipinski definition) is 22. The number of ether oxygens (including phenoxy) is 4. The Bertz CT molecular complexity index is 4020. The highest BCUT2D eigenvalue weighted by Crippen LogP contribution is 2.65. The van der Waals surface area contributed by atoms with E-state index in [1.165, 1.54) is 40.4 Å². The van der Waals surface area contributed by atoms with E-state index in [0.29, 0.717) is 29.2 Å². The van der Waals surface area contributed by atoms with Gasteiger partial charge in [-0.15, -0.1) is 5.10 Å². The molecule has 0 spiro atoms. The standard InChI is InChI=1S/C53H50BF2N13O11P2S/c1-66-22-31-6-2-3-7-34(31)42-45(35-8-4-5-9-37(35)66)69(65-64-42)20-21-73-32-16-12-30(13-17-32)53(70)76-33-14-10-29(11-15-33)25-83-82(72)75-24-39-46(40(55)51(78-39)68-28-63-44-48(58)60-26-61-50(44)68)79-81(54,71)74-23-38-47(80-82)41(56)52(77-38)67-27-62-43-36(57)18-19-59-49(43)67/h2-19,26-28,38-41,46-47,51-52H,20-25,54H2,1H3,(H2,57,59)(H2,58,60,61)/t38-,39-,40-,41-,46-,47-,51-,52-,81+,82+/m1/s1. The van der Waals surface area contributed by atoms with Gasteiger partial charge in [-0.05, 0) is 71.0 Å². The Morgan fingerprint density at radius 2 is 1.43 bits per heavy atom. The van der Waals surface area contributed by atoms with Gasteiger partial charge in [0, 0.05) is 42.4 Å². The zero-order valence-corrected chi connectivity index (χ0v) is 46.7. The first-order valence-electron chi connectivity index (χ1n) is 26.1. The van der Waals surface area contributed by atoms with Crippen LogP contribution >= 0.6 is 25.7 Å². The minimum absolute atomic E-state index is 0.0370. The van der Waals surface area contributed by atoms with Gasteiger partial charge in [0.1, 0.15) is 65.6 Å². The van der Waals surface area contributed by atoms with Gasteiger partial charge >= 0.3 is 12.8 Å². The fraction of sp³-hybridized carbons (Fsp3) is 0.283. The topological polar surface area (TPSA) is 285 Å². The Labute approximate surface area is 475 Å². The molecule has 13 rings (SSSR count). The summed E-state index contributed by atoms with van der Waals surface area (Å²) >= 11 is 0.699. The molecule has 30 heteroatoms. The maximum absolute atomic E-state index is 17.1. The summed E-state index contributed by atoms with van der Waals surface area (Å²) < 4.78 is 116. The van der Waals surface area contributed by atoms with Crippen LogP contribution in [0.2, 0.25) is 0 Å². The van der Waals surface area contributed by atoms with Gasteiger partial charge in [-0.2, -0.15) is 0 Å². The molecule has 9 heterocycles. The van der Waals surface area contributed by atoms with Crippen molar-refractivity contribution in [2.75, 3.05) is 43.2 Å². The lowest BCUT2D eigenvalue weighted by Crippen LogP contribution is -2.37. The van der Waals surface area contributed by atoms with Gasteiger partial charge in [0.05, 0.1) is 49.4 Å². The normalized spacial score (nSPS) is 26.1. The van der Waals surface area contributed by atoms with Crippen molar-refractivity contribution < 1.29 is 59.7 Å². The molecule has 4 aromatic carbocycles. The highest BCUT2D eigenvalue weighted by atomic mass is 32.7. The number of fused-ring (bicyclic) bond motifs is 9. The molecule has 24 nitrogen and oxygen atoms in total. The van der Waals surface area contributed by atoms with Crippen LogP contribution in [0.15, 0.2) is 128 Å². The first-order chi connectivity index (χ1) is 40.2. The van der Waals surface area contributed by atoms with E-state index < -0.39 is 82.7 Å². The molecule has 83 heavy (non-hydrogen) atoms. The fourth-order valence-electron chi connectivity index (χ4n) is 10.5. The minimum Gasteiger partial charge on any atom is -0.492 e. The van der Waals surface area contributed by atoms with E-state index in [-0.39, 0.29) is 57.5 Å². The van der Waals surface area contributed by atoms with Crippen LogP contribution in [0.4, 0.5) is 26.0 Å². The van der Waals surface area contributed by atoms with E-state index in [1.54, 1.807) is 48.5 Å². The van der Waals surface area contributed by atoms with E-state index in [9.17, 15) is 9.36 Å². The summed E-state index contributed by atoms with van der Waals surface area (Å²) in [6, 6.07) is 30.9. The van der Waals surface area contributed by atoms with Crippen molar-refractivity contribution in [2.45, 2.75) is 68.1 Å². The van der Waals surface area contributed by atoms with Gasteiger partial charge in [0.15, 0.2) is 41.9 Å². The SMILES string of the molecule is B[P@]1(=O)OC[C@H]2O[C@@H](n3cnc4c(N)ccnc43)[C@H](F)[C@@H]2O[P@@](=O)(SCc2ccc(OC(=O)c3ccc(OCCn4nnc5c4-c4ccccc4N(C)Cc4ccccc4-5)cc3)cc2)OC[C@H]2O[C@@H](n3cnc4c(N)ncnc43)[C@H](F)[C@@H]2O1. The number of halogens is 2. The van der Waals surface area contributed by atoms with E-state index in [2.05, 4.69) is 71.4 Å². The summed E-state index contributed by atoms with van der Waals surface area (Å²) in [5, 5.41) is 9.19. The van der Waals surface area contributed by atoms with Crippen molar-refractivity contribution in [3.05, 3.63) is 145 Å². The zero-order valence-electron chi connectivity index (χ0n) is 44.1. The highest BCUT2D eigenvalue weighted by Gasteiger charge is 2.55. The lowest BCUT2D eigenvalue weighted by atomic mass is 9.96. The van der Waals surface area contributed by atoms with Crippen molar-refractivity contribution in [2.24, 2.45) is 0 Å². The average molecular weight is 1190 g/mol. The van der Waals surface area contributed by atoms with Crippen LogP contribution < -0.4 is 25.8 Å². The number of aromatic nitrogens is 10. The number of nitrogens with two attached hydrogens (primary N) is 2. The molecule has 0 aliphatic carbocycles. The third kappa shape index (κ3) is 10.6. The second kappa shape index (κ2) is 22.2. The molecule has 4 N–H and O–H groups in total. The Hall–Kier alpha value is -7.65. The maximum Gasteiger partial charge on any atom is 0.389 e. The number of imidazole rings is 2. The molecule has 3 saturated heterocycles. The molecule has 0 amide bonds. The number of benzene rings is 4. The summed E-state index contributed by atoms with van der Waals surface area (Å²) in [5.41, 5.74) is 20.0. The predicted octanol–water partition coefficient (Wildman–Crippen LogP) is 7.68. The zero-order chi connectivity index (χ0) is 57.1. The van der Waals surface area contributed by atoms with E-state index >= 15 is 13.3 Å². The first-order valence-corrected chi connectivity index (χ1v) is 31.2. The molecule has 3 fully saturated rings. The number of rotatable bonds is 11. The largest absolute Gasteiger partial charge is 0.492 e. The van der Waals surface area contributed by atoms with Gasteiger partial charge in [-0.25, -0.2) is 47.7 Å². The number of carbonyl (C=O) groups excluding carboxylic acids is 1. The van der Waals surface area contributed by atoms with Gasteiger partial charge in [-0.1, -0.05) is 59.8 Å². The number of hydrogen-bond donors (Lipinski definition) is 2. The van der Waals surface area contributed by atoms with Crippen LogP contribution in [0.5, 0.6) is 11.5 Å². The van der Waals surface area contributed by atoms with Gasteiger partial charge < -0.3 is 44.4 Å². The number of alkyl halides is 2. The number of nitrogens with zero attached hydrogens (tertiary/aromatic N) is 11. The number of anilines is 3. The van der Waals surface area contributed by atoms with Crippen molar-refractivity contribution in [1.29, 1.82) is 0 Å². The second-order valence-electron chi connectivity index (χ2n) is 20.0. The number of nitrogen functional groups attached to an aromatic ring is 2. The second-order valence-corrected chi connectivity index (χ2v) is 26.0. The number of carbonyl (C=O) groups is 1. The smallest absolute Gasteiger partial charge is 0.389 e. The Balaban J connectivity index is 0.690. The molecule has 0 bridgehead atoms. The van der Waals surface area contributed by atoms with E-state index in [1.807, 2.05) is 28.9 Å². The fourth-order valence-corrected chi connectivity index (χ4v) is 15.0. The van der Waals surface area contributed by atoms with Crippen LogP contribution in [0.3, 0.4) is 0 Å². The minimum atomic E-state index is -4.56. The summed E-state index contributed by atoms with van der Waals surface area (Å²) in [6.07, 6.45) is -8.06. The molecule has 10 atom stereocenters. The number of pyridine rings is 1. The van der Waals surface area contributed by atoms with Crippen LogP contribution in [0.1, 0.15) is 33.9 Å². The van der Waals surface area contributed by atoms with Crippen LogP contribution in [0, 0.1) is 0 Å². The molecule has 426 valence electrons. The first kappa shape index (κ1) is 54.6. The Kier molecular flexibility index (Phi) is 14.6. The highest BCUT2D eigenvalue weighted by molar-refractivity contribution is 8.54. The van der Waals surface area contributed by atoms with Gasteiger partial charge in [0.2, 0.25) is 0 Å². The molecule has 0 radical (unpaired) electrons. The van der Waals surface area contributed by atoms with Crippen molar-refractivity contribution in [3.63, 3.8) is 0 Å². The van der Waals surface area contributed by atoms with Crippen LogP contribution in [-0.4, -0.2) is 126 Å². The Morgan fingerprint density at radius 3 is 2.19 bits per heavy atom. The van der Waals surface area contributed by atoms with Crippen LogP contribution in [-0.2, 0) is 55.5 Å². The lowest BCUT2D eigenvalue weighted by molar-refractivity contribution is -0.0546. The number of esters is 1. The number of para-hydroxylation sites is 1. The molecule has 0 unspecified atom stereocenters. The third-order valence-corrected chi connectivity index (χ3v) is 19.5. The Morgan fingerprint density at radius 1 is 0.771 bits per heavy atom. The third-order valence-electron chi connectivity index (χ3n) is 14.6. The van der Waals surface area contributed by atoms with Crippen LogP contribution in [0.25, 0.3) is 44.8 Å². The lowest BCUT2D eigenvalue weighted by Gasteiger charge is -2.30. The summed E-state index contributed by atoms with van der Waals surface area (Å²) in [7, 11) is -1.02. The molecule has 4 aliphatic heterocycles. The quantitative estimate of drug-likeness (QED) is 0.0543. The summed E-state index contributed by atoms with van der Waals surface area (Å²) in [6.45, 7) is -4.47. The molecule has 9 aromatic rings. The monoisotopic (exact) mass is 1190 g/mol. The van der Waals surface area contributed by atoms with Crippen molar-refractivity contribution in [3.8, 4) is 34.0 Å². The summed E-state index contributed by atoms with van der Waals surface area (Å²) in [4.78, 5) is 36.6. The van der Waals surface area contributed by atoms with E-state index in [0.717, 1.165) is 47.9 Å². The average Bonchev–Trinajstić information content (AvgIpc) is 3.02. The molecular formula is C53H50BF2N13O11P2S. The molecule has 4 aliphatic rings. The van der Waals surface area contributed by atoms with Crippen molar-refractivity contribution in [1.82, 2.24) is 49.0 Å². The molecule has 5 aromatic heterocycles. The maximum atomic E-state index is 17.1. The summed E-state index contributed by atoms with van der Waals surface area (Å²) in [5.74, 6) is 0.0922. The van der Waals surface area contributed by atoms with E-state index in [4.69, 9.17) is 48.5 Å². The van der Waals surface area contributed by atoms with Gasteiger partial charge in [0.25, 0.3) is 15.0 Å².